The lowest BCUT2D eigenvalue weighted by Gasteiger charge is -2.36. The van der Waals surface area contributed by atoms with Gasteiger partial charge in [-0.15, -0.1) is 0 Å². The second-order valence-electron chi connectivity index (χ2n) is 8.79. The fraction of sp³-hybridized carbons (Fsp3) is 0.231. The summed E-state index contributed by atoms with van der Waals surface area (Å²) in [5.41, 5.74) is 4.31. The predicted molar refractivity (Wildman–Crippen MR) is 123 cm³/mol. The van der Waals surface area contributed by atoms with Crippen LogP contribution in [0.15, 0.2) is 72.8 Å². The summed E-state index contributed by atoms with van der Waals surface area (Å²) < 4.78 is 6.36. The van der Waals surface area contributed by atoms with Crippen LogP contribution >= 0.6 is 23.2 Å². The molecule has 148 valence electrons. The number of benzene rings is 3. The Morgan fingerprint density at radius 3 is 1.97 bits per heavy atom. The molecule has 0 amide bonds. The van der Waals surface area contributed by atoms with E-state index in [1.807, 2.05) is 36.4 Å². The van der Waals surface area contributed by atoms with Crippen molar-refractivity contribution in [3.63, 3.8) is 0 Å². The van der Waals surface area contributed by atoms with E-state index in [0.717, 1.165) is 27.7 Å². The van der Waals surface area contributed by atoms with Gasteiger partial charge in [0.25, 0.3) is 0 Å². The smallest absolute Gasteiger partial charge is 0.131 e. The molecule has 0 saturated carbocycles. The highest BCUT2D eigenvalue weighted by atomic mass is 35.5. The Morgan fingerprint density at radius 1 is 0.793 bits per heavy atom. The van der Waals surface area contributed by atoms with E-state index in [9.17, 15) is 0 Å². The van der Waals surface area contributed by atoms with Crippen LogP contribution in [0.3, 0.4) is 0 Å². The Bertz CT molecular complexity index is 1070. The van der Waals surface area contributed by atoms with Gasteiger partial charge in [0.05, 0.1) is 0 Å². The Labute approximate surface area is 182 Å². The van der Waals surface area contributed by atoms with Crippen LogP contribution in [0, 0.1) is 0 Å². The van der Waals surface area contributed by atoms with Crippen molar-refractivity contribution in [3.8, 4) is 5.75 Å². The van der Waals surface area contributed by atoms with Crippen LogP contribution in [0.4, 0.5) is 0 Å². The maximum Gasteiger partial charge on any atom is 0.131 e. The molecule has 0 aliphatic carbocycles. The van der Waals surface area contributed by atoms with Gasteiger partial charge >= 0.3 is 0 Å². The number of hydrogen-bond donors (Lipinski definition) is 0. The van der Waals surface area contributed by atoms with Gasteiger partial charge in [0.15, 0.2) is 0 Å². The average molecular weight is 423 g/mol. The van der Waals surface area contributed by atoms with Crippen molar-refractivity contribution < 1.29 is 4.74 Å². The third-order valence-corrected chi connectivity index (χ3v) is 6.12. The molecule has 3 aromatic rings. The summed E-state index contributed by atoms with van der Waals surface area (Å²) in [6.07, 6.45) is 2.20. The molecule has 1 heterocycles. The van der Waals surface area contributed by atoms with E-state index in [1.165, 1.54) is 11.1 Å². The number of hydrogen-bond acceptors (Lipinski definition) is 1. The number of halogens is 2. The van der Waals surface area contributed by atoms with E-state index >= 15 is 0 Å². The molecule has 29 heavy (non-hydrogen) atoms. The molecule has 0 fully saturated rings. The third kappa shape index (κ3) is 3.82. The minimum Gasteiger partial charge on any atom is -0.457 e. The summed E-state index contributed by atoms with van der Waals surface area (Å²) >= 11 is 12.3. The van der Waals surface area contributed by atoms with Gasteiger partial charge in [-0.25, -0.2) is 0 Å². The van der Waals surface area contributed by atoms with Gasteiger partial charge in [0.2, 0.25) is 0 Å². The first-order valence-electron chi connectivity index (χ1n) is 9.74. The quantitative estimate of drug-likeness (QED) is 0.405. The number of fused-ring (bicyclic) bond motifs is 1. The molecule has 0 bridgehead atoms. The van der Waals surface area contributed by atoms with E-state index in [2.05, 4.69) is 64.1 Å². The van der Waals surface area contributed by atoms with Crippen molar-refractivity contribution in [2.24, 2.45) is 0 Å². The Hall–Kier alpha value is -2.22. The van der Waals surface area contributed by atoms with Gasteiger partial charge in [0.1, 0.15) is 11.5 Å². The molecule has 0 radical (unpaired) electrons. The maximum atomic E-state index is 6.36. The lowest BCUT2D eigenvalue weighted by atomic mass is 9.72. The molecule has 0 saturated heterocycles. The molecule has 3 aromatic carbocycles. The summed E-state index contributed by atoms with van der Waals surface area (Å²) in [6.45, 7) is 8.92. The van der Waals surface area contributed by atoms with Gasteiger partial charge in [-0.2, -0.15) is 0 Å². The van der Waals surface area contributed by atoms with E-state index in [1.54, 1.807) is 0 Å². The fourth-order valence-corrected chi connectivity index (χ4v) is 4.02. The molecule has 1 nitrogen and oxygen atoms in total. The van der Waals surface area contributed by atoms with Crippen molar-refractivity contribution in [3.05, 3.63) is 105 Å². The minimum absolute atomic E-state index is 0.0517. The molecule has 1 atom stereocenters. The van der Waals surface area contributed by atoms with E-state index in [4.69, 9.17) is 27.9 Å². The molecule has 0 aromatic heterocycles. The van der Waals surface area contributed by atoms with E-state index in [0.29, 0.717) is 5.02 Å². The van der Waals surface area contributed by atoms with Gasteiger partial charge in [0, 0.05) is 26.6 Å². The van der Waals surface area contributed by atoms with Crippen molar-refractivity contribution in [2.45, 2.75) is 38.5 Å². The van der Waals surface area contributed by atoms with Crippen molar-refractivity contribution >= 4 is 29.0 Å². The minimum atomic E-state index is -0.353. The summed E-state index contributed by atoms with van der Waals surface area (Å²) in [6, 6.07) is 22.4. The van der Waals surface area contributed by atoms with Crippen LogP contribution in [-0.4, -0.2) is 0 Å². The number of allylic oxidation sites excluding steroid dienone is 1. The molecule has 1 aliphatic heterocycles. The molecule has 3 heteroatoms. The van der Waals surface area contributed by atoms with Crippen LogP contribution in [-0.2, 0) is 10.8 Å². The van der Waals surface area contributed by atoms with Crippen LogP contribution in [0.25, 0.3) is 5.76 Å². The summed E-state index contributed by atoms with van der Waals surface area (Å²) in [5.74, 6) is 1.71. The zero-order chi connectivity index (χ0) is 20.8. The average Bonchev–Trinajstić information content (AvgIpc) is 2.68. The molecular weight excluding hydrogens is 399 g/mol. The summed E-state index contributed by atoms with van der Waals surface area (Å²) in [7, 11) is 0. The monoisotopic (exact) mass is 422 g/mol. The van der Waals surface area contributed by atoms with Crippen LogP contribution in [0.2, 0.25) is 10.0 Å². The standard InChI is InChI=1S/C26H24Cl2O/c1-25(2,3)19-9-14-23-22(15-19)26(4,18-7-12-21(28)13-8-18)16-24(29-23)17-5-10-20(27)11-6-17/h5-16H,1-4H3. The molecule has 1 aliphatic rings. The largest absolute Gasteiger partial charge is 0.457 e. The first-order chi connectivity index (χ1) is 13.7. The molecule has 0 N–H and O–H groups in total. The van der Waals surface area contributed by atoms with E-state index in [-0.39, 0.29) is 10.8 Å². The van der Waals surface area contributed by atoms with Crippen molar-refractivity contribution in [1.29, 1.82) is 0 Å². The van der Waals surface area contributed by atoms with Gasteiger partial charge < -0.3 is 4.74 Å². The lowest BCUT2D eigenvalue weighted by Crippen LogP contribution is -2.27. The molecule has 1 unspecified atom stereocenters. The zero-order valence-corrected chi connectivity index (χ0v) is 18.6. The third-order valence-electron chi connectivity index (χ3n) is 5.62. The lowest BCUT2D eigenvalue weighted by molar-refractivity contribution is 0.467. The van der Waals surface area contributed by atoms with Gasteiger partial charge in [-0.3, -0.25) is 0 Å². The SMILES string of the molecule is CC(C)(C)c1ccc2c(c1)C(C)(c1ccc(Cl)cc1)C=C(c1ccc(Cl)cc1)O2. The number of rotatable bonds is 2. The van der Waals surface area contributed by atoms with Crippen LogP contribution in [0.5, 0.6) is 5.75 Å². The van der Waals surface area contributed by atoms with Crippen molar-refractivity contribution in [1.82, 2.24) is 0 Å². The molecule has 4 rings (SSSR count). The second-order valence-corrected chi connectivity index (χ2v) is 9.66. The topological polar surface area (TPSA) is 9.23 Å². The zero-order valence-electron chi connectivity index (χ0n) is 17.1. The normalized spacial score (nSPS) is 18.6. The van der Waals surface area contributed by atoms with E-state index < -0.39 is 0 Å². The summed E-state index contributed by atoms with van der Waals surface area (Å²) in [4.78, 5) is 0. The van der Waals surface area contributed by atoms with Crippen LogP contribution < -0.4 is 4.74 Å². The first-order valence-corrected chi connectivity index (χ1v) is 10.5. The van der Waals surface area contributed by atoms with Crippen molar-refractivity contribution in [2.75, 3.05) is 0 Å². The summed E-state index contributed by atoms with van der Waals surface area (Å²) in [5, 5.41) is 1.44. The highest BCUT2D eigenvalue weighted by Crippen LogP contribution is 2.47. The molecule has 0 spiro atoms. The number of ether oxygens (including phenoxy) is 1. The Kier molecular flexibility index (Phi) is 5.01. The first kappa shape index (κ1) is 20.1. The highest BCUT2D eigenvalue weighted by Gasteiger charge is 2.36. The highest BCUT2D eigenvalue weighted by molar-refractivity contribution is 6.30. The second kappa shape index (κ2) is 7.23. The van der Waals surface area contributed by atoms with Gasteiger partial charge in [-0.05, 0) is 72.0 Å². The van der Waals surface area contributed by atoms with Gasteiger partial charge in [-0.1, -0.05) is 68.2 Å². The van der Waals surface area contributed by atoms with Crippen LogP contribution in [0.1, 0.15) is 49.9 Å². The predicted octanol–water partition coefficient (Wildman–Crippen LogP) is 8.03. The Morgan fingerprint density at radius 2 is 1.38 bits per heavy atom. The molecular formula is C26H24Cl2O. The Balaban J connectivity index is 1.93. The maximum absolute atomic E-state index is 6.36. The fourth-order valence-electron chi connectivity index (χ4n) is 3.77.